The van der Waals surface area contributed by atoms with E-state index in [4.69, 9.17) is 10.5 Å². The predicted molar refractivity (Wildman–Crippen MR) is 136 cm³/mol. The number of amides is 2. The SMILES string of the molecule is COc1cc(-c2ccccc2)c(F)c(C2(c3ccc4c(c3)CCCN4C(C)=O)N=C(N)N(C)C2=O)c1. The summed E-state index contributed by atoms with van der Waals surface area (Å²) < 4.78 is 21.9. The third-order valence-electron chi connectivity index (χ3n) is 6.99. The molecule has 0 fully saturated rings. The number of anilines is 1. The highest BCUT2D eigenvalue weighted by Gasteiger charge is 2.52. The van der Waals surface area contributed by atoms with Crippen LogP contribution in [0.15, 0.2) is 65.7 Å². The zero-order valence-electron chi connectivity index (χ0n) is 20.4. The lowest BCUT2D eigenvalue weighted by Crippen LogP contribution is -2.42. The Morgan fingerprint density at radius 1 is 1.14 bits per heavy atom. The van der Waals surface area contributed by atoms with E-state index in [0.717, 1.165) is 24.1 Å². The molecule has 36 heavy (non-hydrogen) atoms. The fourth-order valence-electron chi connectivity index (χ4n) is 5.12. The summed E-state index contributed by atoms with van der Waals surface area (Å²) in [6.45, 7) is 2.16. The quantitative estimate of drug-likeness (QED) is 0.607. The van der Waals surface area contributed by atoms with Gasteiger partial charge in [-0.3, -0.25) is 14.5 Å². The van der Waals surface area contributed by atoms with Gasteiger partial charge in [0.25, 0.3) is 5.91 Å². The highest BCUT2D eigenvalue weighted by atomic mass is 19.1. The number of guanidine groups is 1. The maximum Gasteiger partial charge on any atom is 0.266 e. The van der Waals surface area contributed by atoms with Crippen LogP contribution in [0.4, 0.5) is 10.1 Å². The van der Waals surface area contributed by atoms with Crippen molar-refractivity contribution in [1.82, 2.24) is 4.90 Å². The number of ether oxygens (including phenoxy) is 1. The fourth-order valence-corrected chi connectivity index (χ4v) is 5.12. The van der Waals surface area contributed by atoms with Gasteiger partial charge in [0, 0.05) is 37.3 Å². The van der Waals surface area contributed by atoms with Crippen molar-refractivity contribution >= 4 is 23.5 Å². The number of carbonyl (C=O) groups is 2. The van der Waals surface area contributed by atoms with Gasteiger partial charge in [0.2, 0.25) is 5.91 Å². The predicted octanol–water partition coefficient (Wildman–Crippen LogP) is 3.83. The molecule has 3 aromatic carbocycles. The van der Waals surface area contributed by atoms with Gasteiger partial charge in [0.15, 0.2) is 11.5 Å². The summed E-state index contributed by atoms with van der Waals surface area (Å²) in [6, 6.07) is 17.6. The van der Waals surface area contributed by atoms with Crippen LogP contribution in [0.3, 0.4) is 0 Å². The Hall–Kier alpha value is -4.20. The summed E-state index contributed by atoms with van der Waals surface area (Å²) in [7, 11) is 3.02. The normalized spacial score (nSPS) is 19.2. The number of likely N-dealkylation sites (N-methyl/N-ethyl adjacent to an activating group) is 1. The van der Waals surface area contributed by atoms with Gasteiger partial charge in [-0.05, 0) is 47.7 Å². The van der Waals surface area contributed by atoms with E-state index in [1.54, 1.807) is 35.2 Å². The fraction of sp³-hybridized carbons (Fsp3) is 0.250. The summed E-state index contributed by atoms with van der Waals surface area (Å²) in [5.74, 6) is -0.715. The maximum absolute atomic E-state index is 16.4. The number of hydrogen-bond acceptors (Lipinski definition) is 5. The lowest BCUT2D eigenvalue weighted by Gasteiger charge is -2.32. The standard InChI is InChI=1S/C28H27FN4O3/c1-17(34)33-13-7-10-19-14-20(11-12-24(19)33)28(26(35)32(2)27(30)31-28)23-16-21(36-3)15-22(25(23)29)18-8-5-4-6-9-18/h4-6,8-9,11-12,14-16H,7,10,13H2,1-3H3,(H2,30,31). The van der Waals surface area contributed by atoms with Gasteiger partial charge in [0.1, 0.15) is 11.6 Å². The summed E-state index contributed by atoms with van der Waals surface area (Å²) in [4.78, 5) is 33.6. The molecule has 7 nitrogen and oxygen atoms in total. The molecule has 2 heterocycles. The van der Waals surface area contributed by atoms with Crippen LogP contribution in [0.5, 0.6) is 5.75 Å². The Morgan fingerprint density at radius 2 is 1.89 bits per heavy atom. The minimum absolute atomic E-state index is 0.00781. The highest BCUT2D eigenvalue weighted by molar-refractivity contribution is 6.09. The number of nitrogens with zero attached hydrogens (tertiary/aromatic N) is 3. The van der Waals surface area contributed by atoms with Crippen molar-refractivity contribution in [2.24, 2.45) is 10.7 Å². The summed E-state index contributed by atoms with van der Waals surface area (Å²) in [5.41, 5.74) is 7.56. The minimum Gasteiger partial charge on any atom is -0.497 e. The molecular formula is C28H27FN4O3. The molecule has 0 aliphatic carbocycles. The van der Waals surface area contributed by atoms with Crippen LogP contribution in [0.1, 0.15) is 30.0 Å². The smallest absolute Gasteiger partial charge is 0.266 e. The van der Waals surface area contributed by atoms with E-state index in [1.807, 2.05) is 24.3 Å². The molecule has 0 saturated carbocycles. The van der Waals surface area contributed by atoms with Crippen molar-refractivity contribution in [2.45, 2.75) is 25.3 Å². The molecule has 0 radical (unpaired) electrons. The van der Waals surface area contributed by atoms with Crippen molar-refractivity contribution in [3.63, 3.8) is 0 Å². The first kappa shape index (κ1) is 23.5. The molecule has 0 saturated heterocycles. The number of aryl methyl sites for hydroxylation is 1. The summed E-state index contributed by atoms with van der Waals surface area (Å²) in [6.07, 6.45) is 1.51. The number of aliphatic imine (C=N–C) groups is 1. The van der Waals surface area contributed by atoms with Gasteiger partial charge in [-0.2, -0.15) is 0 Å². The van der Waals surface area contributed by atoms with Crippen LogP contribution in [0, 0.1) is 5.82 Å². The van der Waals surface area contributed by atoms with Crippen LogP contribution in [0.2, 0.25) is 0 Å². The molecular weight excluding hydrogens is 459 g/mol. The number of carbonyl (C=O) groups excluding carboxylic acids is 2. The first-order valence-electron chi connectivity index (χ1n) is 11.8. The Morgan fingerprint density at radius 3 is 2.53 bits per heavy atom. The van der Waals surface area contributed by atoms with Crippen molar-refractivity contribution in [3.8, 4) is 16.9 Å². The number of halogens is 1. The average molecular weight is 487 g/mol. The van der Waals surface area contributed by atoms with Crippen molar-refractivity contribution in [1.29, 1.82) is 0 Å². The molecule has 2 N–H and O–H groups in total. The lowest BCUT2D eigenvalue weighted by molar-refractivity contribution is -0.129. The Kier molecular flexibility index (Phi) is 5.74. The maximum atomic E-state index is 16.4. The van der Waals surface area contributed by atoms with Crippen LogP contribution < -0.4 is 15.4 Å². The van der Waals surface area contributed by atoms with E-state index in [9.17, 15) is 9.59 Å². The van der Waals surface area contributed by atoms with Crippen LogP contribution in [-0.4, -0.2) is 43.4 Å². The van der Waals surface area contributed by atoms with Gasteiger partial charge in [-0.1, -0.05) is 42.5 Å². The molecule has 8 heteroatoms. The van der Waals surface area contributed by atoms with E-state index in [2.05, 4.69) is 4.99 Å². The van der Waals surface area contributed by atoms with Crippen LogP contribution >= 0.6 is 0 Å². The summed E-state index contributed by atoms with van der Waals surface area (Å²) >= 11 is 0. The number of benzene rings is 3. The Labute approximate surface area is 209 Å². The number of hydrogen-bond donors (Lipinski definition) is 1. The summed E-state index contributed by atoms with van der Waals surface area (Å²) in [5, 5.41) is 0. The second-order valence-electron chi connectivity index (χ2n) is 9.06. The molecule has 3 aromatic rings. The first-order valence-corrected chi connectivity index (χ1v) is 11.8. The van der Waals surface area contributed by atoms with Crippen molar-refractivity contribution in [3.05, 3.63) is 83.2 Å². The molecule has 0 aromatic heterocycles. The van der Waals surface area contributed by atoms with E-state index in [0.29, 0.717) is 29.0 Å². The molecule has 2 aliphatic heterocycles. The molecule has 1 unspecified atom stereocenters. The van der Waals surface area contributed by atoms with E-state index < -0.39 is 17.3 Å². The third-order valence-corrected chi connectivity index (χ3v) is 6.99. The monoisotopic (exact) mass is 486 g/mol. The van der Waals surface area contributed by atoms with E-state index in [-0.39, 0.29) is 17.4 Å². The number of methoxy groups -OCH3 is 1. The van der Waals surface area contributed by atoms with Crippen LogP contribution in [-0.2, 0) is 21.5 Å². The minimum atomic E-state index is -1.74. The molecule has 1 atom stereocenters. The topological polar surface area (TPSA) is 88.2 Å². The molecule has 2 amide bonds. The average Bonchev–Trinajstić information content (AvgIpc) is 3.13. The number of nitrogens with two attached hydrogens (primary N) is 1. The Bertz CT molecular complexity index is 1410. The largest absolute Gasteiger partial charge is 0.497 e. The molecule has 184 valence electrons. The Balaban J connectivity index is 1.79. The second kappa shape index (κ2) is 8.78. The van der Waals surface area contributed by atoms with Crippen LogP contribution in [0.25, 0.3) is 11.1 Å². The molecule has 0 bridgehead atoms. The molecule has 0 spiro atoms. The van der Waals surface area contributed by atoms with Gasteiger partial charge < -0.3 is 15.4 Å². The van der Waals surface area contributed by atoms with E-state index in [1.165, 1.54) is 32.0 Å². The third kappa shape index (κ3) is 3.52. The van der Waals surface area contributed by atoms with Crippen molar-refractivity contribution in [2.75, 3.05) is 25.6 Å². The lowest BCUT2D eigenvalue weighted by atomic mass is 9.79. The number of rotatable bonds is 4. The van der Waals surface area contributed by atoms with Gasteiger partial charge in [-0.15, -0.1) is 0 Å². The molecule has 5 rings (SSSR count). The van der Waals surface area contributed by atoms with E-state index >= 15 is 4.39 Å². The van der Waals surface area contributed by atoms with Gasteiger partial charge in [-0.25, -0.2) is 9.38 Å². The van der Waals surface area contributed by atoms with Gasteiger partial charge >= 0.3 is 0 Å². The highest BCUT2D eigenvalue weighted by Crippen LogP contribution is 2.45. The number of fused-ring (bicyclic) bond motifs is 1. The zero-order chi connectivity index (χ0) is 25.6. The first-order chi connectivity index (χ1) is 17.3. The van der Waals surface area contributed by atoms with Crippen molar-refractivity contribution < 1.29 is 18.7 Å². The molecule has 2 aliphatic rings. The second-order valence-corrected chi connectivity index (χ2v) is 9.06. The zero-order valence-corrected chi connectivity index (χ0v) is 20.4. The van der Waals surface area contributed by atoms with Gasteiger partial charge in [0.05, 0.1) is 7.11 Å².